The average molecular weight is 556 g/mol. The lowest BCUT2D eigenvalue weighted by molar-refractivity contribution is -0.113. The summed E-state index contributed by atoms with van der Waals surface area (Å²) in [4.78, 5) is 26.9. The summed E-state index contributed by atoms with van der Waals surface area (Å²) in [5.41, 5.74) is 5.97. The molecule has 1 aliphatic heterocycles. The van der Waals surface area contributed by atoms with Crippen LogP contribution in [0.15, 0.2) is 94.7 Å². The second-order valence-corrected chi connectivity index (χ2v) is 9.98. The van der Waals surface area contributed by atoms with Crippen LogP contribution in [0.2, 0.25) is 0 Å². The van der Waals surface area contributed by atoms with E-state index in [1.807, 2.05) is 93.6 Å². The summed E-state index contributed by atoms with van der Waals surface area (Å²) in [6, 6.07) is 22.4. The molecule has 1 aliphatic rings. The quantitative estimate of drug-likeness (QED) is 0.264. The van der Waals surface area contributed by atoms with Crippen LogP contribution >= 0.6 is 15.9 Å². The Morgan fingerprint density at radius 2 is 1.65 bits per heavy atom. The van der Waals surface area contributed by atoms with E-state index in [9.17, 15) is 9.59 Å². The Morgan fingerprint density at radius 1 is 0.919 bits per heavy atom. The van der Waals surface area contributed by atoms with Crippen LogP contribution in [0.5, 0.6) is 0 Å². The summed E-state index contributed by atoms with van der Waals surface area (Å²) in [5.74, 6) is 0.00807. The molecule has 186 valence electrons. The van der Waals surface area contributed by atoms with Crippen LogP contribution in [0.3, 0.4) is 0 Å². The summed E-state index contributed by atoms with van der Waals surface area (Å²) in [6.45, 7) is 5.83. The van der Waals surface area contributed by atoms with Gasteiger partial charge in [0.1, 0.15) is 17.4 Å². The fourth-order valence-corrected chi connectivity index (χ4v) is 4.80. The van der Waals surface area contributed by atoms with E-state index in [0.717, 1.165) is 26.9 Å². The van der Waals surface area contributed by atoms with Crippen molar-refractivity contribution < 1.29 is 9.59 Å². The van der Waals surface area contributed by atoms with Crippen LogP contribution in [-0.4, -0.2) is 21.6 Å². The standard InChI is InChI=1S/C29H26BrN5O2/c1-17-9-14-24(18(2)15-17)34-29(37)25-19(3)32-27-23(28(36)33-22-7-5-4-6-8-22)16-31-35(27)26(25)20-10-12-21(30)13-11-20/h4-16,26,32H,1-3H3,(H,33,36)(H,34,37). The highest BCUT2D eigenvalue weighted by Gasteiger charge is 2.35. The molecule has 1 aromatic heterocycles. The van der Waals surface area contributed by atoms with Gasteiger partial charge in [-0.3, -0.25) is 9.59 Å². The van der Waals surface area contributed by atoms with Gasteiger partial charge in [0.15, 0.2) is 0 Å². The van der Waals surface area contributed by atoms with Gasteiger partial charge in [-0.2, -0.15) is 5.10 Å². The summed E-state index contributed by atoms with van der Waals surface area (Å²) < 4.78 is 2.63. The predicted molar refractivity (Wildman–Crippen MR) is 150 cm³/mol. The van der Waals surface area contributed by atoms with Crippen molar-refractivity contribution in [2.75, 3.05) is 16.0 Å². The molecule has 5 rings (SSSR count). The Kier molecular flexibility index (Phi) is 6.67. The van der Waals surface area contributed by atoms with Crippen molar-refractivity contribution in [3.8, 4) is 0 Å². The molecule has 0 radical (unpaired) electrons. The molecule has 1 atom stereocenters. The third-order valence-corrected chi connectivity index (χ3v) is 6.89. The van der Waals surface area contributed by atoms with Crippen LogP contribution in [0.25, 0.3) is 0 Å². The molecule has 0 spiro atoms. The van der Waals surface area contributed by atoms with E-state index in [1.54, 1.807) is 4.68 Å². The fraction of sp³-hybridized carbons (Fsp3) is 0.138. The minimum absolute atomic E-state index is 0.235. The van der Waals surface area contributed by atoms with Gasteiger partial charge in [-0.05, 0) is 62.2 Å². The second-order valence-electron chi connectivity index (χ2n) is 9.06. The van der Waals surface area contributed by atoms with Gasteiger partial charge in [0.25, 0.3) is 11.8 Å². The number of amides is 2. The first-order chi connectivity index (χ1) is 17.8. The Labute approximate surface area is 223 Å². The van der Waals surface area contributed by atoms with Crippen LogP contribution in [0.1, 0.15) is 40.0 Å². The molecule has 3 aromatic carbocycles. The zero-order valence-corrected chi connectivity index (χ0v) is 22.3. The summed E-state index contributed by atoms with van der Waals surface area (Å²) in [7, 11) is 0. The first-order valence-corrected chi connectivity index (χ1v) is 12.7. The average Bonchev–Trinajstić information content (AvgIpc) is 3.29. The number of aromatic nitrogens is 2. The largest absolute Gasteiger partial charge is 0.343 e. The number of para-hydroxylation sites is 1. The van der Waals surface area contributed by atoms with Crippen molar-refractivity contribution in [3.05, 3.63) is 117 Å². The van der Waals surface area contributed by atoms with E-state index in [2.05, 4.69) is 37.0 Å². The van der Waals surface area contributed by atoms with Gasteiger partial charge in [0.2, 0.25) is 0 Å². The molecule has 4 aromatic rings. The molecule has 0 saturated heterocycles. The zero-order valence-electron chi connectivity index (χ0n) is 20.7. The minimum atomic E-state index is -0.534. The van der Waals surface area contributed by atoms with Crippen LogP contribution in [0, 0.1) is 13.8 Å². The van der Waals surface area contributed by atoms with Crippen molar-refractivity contribution in [2.45, 2.75) is 26.8 Å². The SMILES string of the molecule is CC1=C(C(=O)Nc2ccc(C)cc2C)C(c2ccc(Br)cc2)n2ncc(C(=O)Nc3ccccc3)c2N1. The topological polar surface area (TPSA) is 88.0 Å². The smallest absolute Gasteiger partial charge is 0.261 e. The molecule has 1 unspecified atom stereocenters. The molecule has 3 N–H and O–H groups in total. The Bertz CT molecular complexity index is 1520. The lowest BCUT2D eigenvalue weighted by Crippen LogP contribution is -2.32. The number of rotatable bonds is 5. The Hall–Kier alpha value is -4.17. The van der Waals surface area contributed by atoms with E-state index in [1.165, 1.54) is 6.20 Å². The number of fused-ring (bicyclic) bond motifs is 1. The first kappa shape index (κ1) is 24.5. The highest BCUT2D eigenvalue weighted by molar-refractivity contribution is 9.10. The maximum absolute atomic E-state index is 13.7. The number of nitrogens with zero attached hydrogens (tertiary/aromatic N) is 2. The summed E-state index contributed by atoms with van der Waals surface area (Å²) in [5, 5.41) is 13.8. The molecule has 2 heterocycles. The third-order valence-electron chi connectivity index (χ3n) is 6.36. The second kappa shape index (κ2) is 10.1. The van der Waals surface area contributed by atoms with Gasteiger partial charge >= 0.3 is 0 Å². The van der Waals surface area contributed by atoms with Gasteiger partial charge in [0, 0.05) is 21.5 Å². The zero-order chi connectivity index (χ0) is 26.1. The number of halogens is 1. The molecule has 0 saturated carbocycles. The Balaban J connectivity index is 1.55. The van der Waals surface area contributed by atoms with Gasteiger partial charge < -0.3 is 16.0 Å². The van der Waals surface area contributed by atoms with E-state index in [4.69, 9.17) is 0 Å². The van der Waals surface area contributed by atoms with E-state index in [0.29, 0.717) is 28.3 Å². The maximum Gasteiger partial charge on any atom is 0.261 e. The van der Waals surface area contributed by atoms with E-state index >= 15 is 0 Å². The minimum Gasteiger partial charge on any atom is -0.343 e. The van der Waals surface area contributed by atoms with Crippen LogP contribution in [-0.2, 0) is 4.79 Å². The van der Waals surface area contributed by atoms with E-state index in [-0.39, 0.29) is 11.8 Å². The molecule has 0 bridgehead atoms. The van der Waals surface area contributed by atoms with Crippen molar-refractivity contribution in [2.24, 2.45) is 0 Å². The number of anilines is 3. The van der Waals surface area contributed by atoms with Crippen LogP contribution < -0.4 is 16.0 Å². The number of carbonyl (C=O) groups is 2. The molecular formula is C29H26BrN5O2. The van der Waals surface area contributed by atoms with Gasteiger partial charge in [0.05, 0.1) is 11.8 Å². The molecule has 37 heavy (non-hydrogen) atoms. The maximum atomic E-state index is 13.7. The molecule has 7 nitrogen and oxygen atoms in total. The normalized spacial score (nSPS) is 14.5. The molecule has 0 fully saturated rings. The number of aryl methyl sites for hydroxylation is 2. The van der Waals surface area contributed by atoms with Gasteiger partial charge in [-0.1, -0.05) is 64.0 Å². The third kappa shape index (κ3) is 4.93. The molecular weight excluding hydrogens is 530 g/mol. The lowest BCUT2D eigenvalue weighted by Gasteiger charge is -2.30. The lowest BCUT2D eigenvalue weighted by atomic mass is 9.94. The van der Waals surface area contributed by atoms with Crippen molar-refractivity contribution in [1.82, 2.24) is 9.78 Å². The molecule has 8 heteroatoms. The first-order valence-electron chi connectivity index (χ1n) is 11.9. The van der Waals surface area contributed by atoms with Crippen LogP contribution in [0.4, 0.5) is 17.2 Å². The fourth-order valence-electron chi connectivity index (χ4n) is 4.53. The summed E-state index contributed by atoms with van der Waals surface area (Å²) >= 11 is 3.49. The monoisotopic (exact) mass is 555 g/mol. The van der Waals surface area contributed by atoms with E-state index < -0.39 is 6.04 Å². The molecule has 0 aliphatic carbocycles. The Morgan fingerprint density at radius 3 is 2.35 bits per heavy atom. The molecule has 2 amide bonds. The summed E-state index contributed by atoms with van der Waals surface area (Å²) in [6.07, 6.45) is 1.53. The predicted octanol–water partition coefficient (Wildman–Crippen LogP) is 6.44. The number of carbonyl (C=O) groups excluding carboxylic acids is 2. The van der Waals surface area contributed by atoms with Gasteiger partial charge in [-0.15, -0.1) is 0 Å². The number of benzene rings is 3. The van der Waals surface area contributed by atoms with Crippen molar-refractivity contribution >= 4 is 44.9 Å². The highest BCUT2D eigenvalue weighted by Crippen LogP contribution is 2.38. The van der Waals surface area contributed by atoms with Crippen molar-refractivity contribution in [3.63, 3.8) is 0 Å². The van der Waals surface area contributed by atoms with Crippen molar-refractivity contribution in [1.29, 1.82) is 0 Å². The number of nitrogens with one attached hydrogen (secondary N) is 3. The number of hydrogen-bond donors (Lipinski definition) is 3. The number of allylic oxidation sites excluding steroid dienone is 1. The van der Waals surface area contributed by atoms with Gasteiger partial charge in [-0.25, -0.2) is 4.68 Å². The highest BCUT2D eigenvalue weighted by atomic mass is 79.9. The number of hydrogen-bond acceptors (Lipinski definition) is 4.